The van der Waals surface area contributed by atoms with Crippen molar-refractivity contribution in [3.63, 3.8) is 0 Å². The Morgan fingerprint density at radius 3 is 2.32 bits per heavy atom. The monoisotopic (exact) mass is 485 g/mol. The topological polar surface area (TPSA) is 117 Å². The molecule has 0 unspecified atom stereocenters. The Balaban J connectivity index is 1.92. The van der Waals surface area contributed by atoms with Gasteiger partial charge in [-0.1, -0.05) is 15.9 Å². The van der Waals surface area contributed by atoms with Crippen LogP contribution in [-0.4, -0.2) is 22.7 Å². The molecule has 3 rings (SSSR count). The van der Waals surface area contributed by atoms with E-state index < -0.39 is 21.2 Å². The van der Waals surface area contributed by atoms with Crippen LogP contribution in [-0.2, 0) is 0 Å². The first-order valence-corrected chi connectivity index (χ1v) is 9.84. The van der Waals surface area contributed by atoms with Crippen LogP contribution >= 0.6 is 15.9 Å². The fourth-order valence-electron chi connectivity index (χ4n) is 2.62. The van der Waals surface area contributed by atoms with Gasteiger partial charge in [-0.05, 0) is 55.5 Å². The van der Waals surface area contributed by atoms with Gasteiger partial charge in [-0.2, -0.15) is 0 Å². The van der Waals surface area contributed by atoms with E-state index in [-0.39, 0.29) is 5.75 Å². The van der Waals surface area contributed by atoms with Crippen LogP contribution in [0, 0.1) is 20.2 Å². The van der Waals surface area contributed by atoms with Gasteiger partial charge in [0.1, 0.15) is 11.5 Å². The number of nitro benzene ring substituents is 2. The Hall–Kier alpha value is -3.79. The Labute approximate surface area is 185 Å². The van der Waals surface area contributed by atoms with Crippen molar-refractivity contribution in [3.05, 3.63) is 90.9 Å². The summed E-state index contributed by atoms with van der Waals surface area (Å²) in [6.45, 7) is 2.46. The first-order valence-electron chi connectivity index (χ1n) is 9.04. The van der Waals surface area contributed by atoms with Gasteiger partial charge in [0.2, 0.25) is 5.75 Å². The van der Waals surface area contributed by atoms with E-state index in [1.165, 1.54) is 6.07 Å². The van der Waals surface area contributed by atoms with E-state index in [1.807, 2.05) is 6.92 Å². The maximum Gasteiger partial charge on any atom is 0.318 e. The molecule has 9 nitrogen and oxygen atoms in total. The number of nitrogens with zero attached hydrogens (tertiary/aromatic N) is 3. The summed E-state index contributed by atoms with van der Waals surface area (Å²) in [5.74, 6) is 0.918. The highest BCUT2D eigenvalue weighted by Crippen LogP contribution is 2.36. The van der Waals surface area contributed by atoms with Gasteiger partial charge < -0.3 is 9.47 Å². The normalized spacial score (nSPS) is 10.8. The fraction of sp³-hybridized carbons (Fsp3) is 0.0952. The number of aliphatic imine (C=N–C) groups is 1. The van der Waals surface area contributed by atoms with Gasteiger partial charge >= 0.3 is 5.69 Å². The highest BCUT2D eigenvalue weighted by atomic mass is 79.9. The van der Waals surface area contributed by atoms with E-state index in [0.29, 0.717) is 23.6 Å². The summed E-state index contributed by atoms with van der Waals surface area (Å²) in [6.07, 6.45) is 1.56. The van der Waals surface area contributed by atoms with Crippen molar-refractivity contribution >= 4 is 39.2 Å². The molecule has 0 aliphatic carbocycles. The Morgan fingerprint density at radius 1 is 0.968 bits per heavy atom. The molecule has 0 amide bonds. The quantitative estimate of drug-likeness (QED) is 0.212. The number of benzene rings is 3. The van der Waals surface area contributed by atoms with Gasteiger partial charge in [-0.3, -0.25) is 25.2 Å². The summed E-state index contributed by atoms with van der Waals surface area (Å²) < 4.78 is 11.9. The molecule has 0 radical (unpaired) electrons. The molecule has 158 valence electrons. The maximum absolute atomic E-state index is 11.4. The Kier molecular flexibility index (Phi) is 6.93. The zero-order valence-corrected chi connectivity index (χ0v) is 17.8. The first kappa shape index (κ1) is 21.9. The molecular formula is C21H16BrN3O6. The molecule has 0 atom stereocenters. The summed E-state index contributed by atoms with van der Waals surface area (Å²) in [5, 5.41) is 22.3. The SMILES string of the molecule is CCOc1ccc(N=Cc2cc(Br)ccc2Oc2ccc([N+](=O)[O-])cc2[N+](=O)[O-])cc1. The molecule has 0 bridgehead atoms. The number of rotatable bonds is 8. The predicted octanol–water partition coefficient (Wildman–Crippen LogP) is 6.21. The van der Waals surface area contributed by atoms with E-state index >= 15 is 0 Å². The third kappa shape index (κ3) is 5.64. The smallest absolute Gasteiger partial charge is 0.318 e. The Bertz CT molecular complexity index is 1150. The molecule has 3 aromatic rings. The average molecular weight is 486 g/mol. The van der Waals surface area contributed by atoms with Gasteiger partial charge in [-0.15, -0.1) is 0 Å². The predicted molar refractivity (Wildman–Crippen MR) is 119 cm³/mol. The van der Waals surface area contributed by atoms with Gasteiger partial charge in [0.15, 0.2) is 0 Å². The van der Waals surface area contributed by atoms with Gasteiger partial charge in [-0.25, -0.2) is 0 Å². The number of nitro groups is 2. The summed E-state index contributed by atoms with van der Waals surface area (Å²) in [6, 6.07) is 15.5. The van der Waals surface area contributed by atoms with Crippen LogP contribution in [0.1, 0.15) is 12.5 Å². The van der Waals surface area contributed by atoms with E-state index in [0.717, 1.165) is 22.4 Å². The van der Waals surface area contributed by atoms with Crippen molar-refractivity contribution < 1.29 is 19.3 Å². The average Bonchev–Trinajstić information content (AvgIpc) is 2.75. The summed E-state index contributed by atoms with van der Waals surface area (Å²) >= 11 is 3.38. The maximum atomic E-state index is 11.4. The van der Waals surface area contributed by atoms with Crippen molar-refractivity contribution in [1.82, 2.24) is 0 Å². The summed E-state index contributed by atoms with van der Waals surface area (Å²) in [7, 11) is 0. The molecule has 0 fully saturated rings. The van der Waals surface area contributed by atoms with E-state index in [9.17, 15) is 20.2 Å². The lowest BCUT2D eigenvalue weighted by Crippen LogP contribution is -1.97. The van der Waals surface area contributed by atoms with Crippen LogP contribution in [0.5, 0.6) is 17.2 Å². The van der Waals surface area contributed by atoms with E-state index in [1.54, 1.807) is 48.7 Å². The fourth-order valence-corrected chi connectivity index (χ4v) is 3.00. The lowest BCUT2D eigenvalue weighted by molar-refractivity contribution is -0.394. The van der Waals surface area contributed by atoms with Crippen LogP contribution in [0.3, 0.4) is 0 Å². The number of hydrogen-bond acceptors (Lipinski definition) is 7. The second kappa shape index (κ2) is 9.81. The zero-order valence-electron chi connectivity index (χ0n) is 16.2. The molecule has 10 heteroatoms. The molecule has 0 heterocycles. The van der Waals surface area contributed by atoms with E-state index in [4.69, 9.17) is 9.47 Å². The van der Waals surface area contributed by atoms with Crippen molar-refractivity contribution in [2.24, 2.45) is 4.99 Å². The van der Waals surface area contributed by atoms with Crippen molar-refractivity contribution in [2.45, 2.75) is 6.92 Å². The largest absolute Gasteiger partial charge is 0.494 e. The third-order valence-corrected chi connectivity index (χ3v) is 4.54. The molecule has 0 saturated carbocycles. The number of halogens is 1. The minimum Gasteiger partial charge on any atom is -0.494 e. The van der Waals surface area contributed by atoms with Crippen LogP contribution in [0.4, 0.5) is 17.1 Å². The third-order valence-electron chi connectivity index (χ3n) is 4.04. The molecule has 31 heavy (non-hydrogen) atoms. The van der Waals surface area contributed by atoms with Crippen LogP contribution in [0.2, 0.25) is 0 Å². The van der Waals surface area contributed by atoms with Gasteiger partial charge in [0, 0.05) is 22.3 Å². The van der Waals surface area contributed by atoms with Crippen molar-refractivity contribution in [2.75, 3.05) is 6.61 Å². The number of non-ortho nitro benzene ring substituents is 1. The summed E-state index contributed by atoms with van der Waals surface area (Å²) in [4.78, 5) is 25.3. The molecule has 0 N–H and O–H groups in total. The Morgan fingerprint density at radius 2 is 1.68 bits per heavy atom. The van der Waals surface area contributed by atoms with Crippen molar-refractivity contribution in [1.29, 1.82) is 0 Å². The first-order chi connectivity index (χ1) is 14.9. The summed E-state index contributed by atoms with van der Waals surface area (Å²) in [5.41, 5.74) is 0.324. The molecule has 0 spiro atoms. The van der Waals surface area contributed by atoms with Crippen LogP contribution < -0.4 is 9.47 Å². The molecule has 0 aliphatic rings. The highest BCUT2D eigenvalue weighted by Gasteiger charge is 2.21. The lowest BCUT2D eigenvalue weighted by atomic mass is 10.2. The minimum absolute atomic E-state index is 0.117. The molecule has 0 saturated heterocycles. The second-order valence-corrected chi connectivity index (χ2v) is 7.05. The zero-order chi connectivity index (χ0) is 22.4. The lowest BCUT2D eigenvalue weighted by Gasteiger charge is -2.09. The van der Waals surface area contributed by atoms with Gasteiger partial charge in [0.05, 0.1) is 28.2 Å². The van der Waals surface area contributed by atoms with Crippen molar-refractivity contribution in [3.8, 4) is 17.2 Å². The van der Waals surface area contributed by atoms with Gasteiger partial charge in [0.25, 0.3) is 5.69 Å². The molecule has 3 aromatic carbocycles. The molecule has 0 aliphatic heterocycles. The number of ether oxygens (including phenoxy) is 2. The van der Waals surface area contributed by atoms with E-state index in [2.05, 4.69) is 20.9 Å². The highest BCUT2D eigenvalue weighted by molar-refractivity contribution is 9.10. The second-order valence-electron chi connectivity index (χ2n) is 6.14. The standard InChI is InChI=1S/C21H16BrN3O6/c1-2-30-18-7-4-16(5-8-18)23-13-14-11-15(22)3-9-20(14)31-21-10-6-17(24(26)27)12-19(21)25(28)29/h3-13H,2H2,1H3. The number of hydrogen-bond donors (Lipinski definition) is 0. The minimum atomic E-state index is -0.727. The molecular weight excluding hydrogens is 470 g/mol. The van der Waals surface area contributed by atoms with Crippen LogP contribution in [0.15, 0.2) is 70.1 Å². The molecule has 0 aromatic heterocycles. The van der Waals surface area contributed by atoms with Crippen LogP contribution in [0.25, 0.3) is 0 Å².